The standard InChI is InChI=1S/C13H20N2/c1-9-3-6-13(10(2)15-9)12(8-14)7-11-4-5-11/h3,6,11-12H,4-5,7-8,14H2,1-2H3. The molecule has 2 heteroatoms. The first kappa shape index (κ1) is 10.6. The Morgan fingerprint density at radius 1 is 1.40 bits per heavy atom. The van der Waals surface area contributed by atoms with E-state index in [0.29, 0.717) is 5.92 Å². The third-order valence-electron chi connectivity index (χ3n) is 3.31. The van der Waals surface area contributed by atoms with Gasteiger partial charge in [0.1, 0.15) is 0 Å². The fourth-order valence-electron chi connectivity index (χ4n) is 2.23. The lowest BCUT2D eigenvalue weighted by Gasteiger charge is -2.17. The Balaban J connectivity index is 2.16. The molecule has 1 aliphatic carbocycles. The van der Waals surface area contributed by atoms with Crippen LogP contribution in [0.25, 0.3) is 0 Å². The minimum Gasteiger partial charge on any atom is -0.330 e. The van der Waals surface area contributed by atoms with Crippen LogP contribution >= 0.6 is 0 Å². The normalized spacial score (nSPS) is 17.8. The summed E-state index contributed by atoms with van der Waals surface area (Å²) >= 11 is 0. The number of aromatic nitrogens is 1. The van der Waals surface area contributed by atoms with Crippen molar-refractivity contribution in [1.82, 2.24) is 4.98 Å². The molecule has 1 atom stereocenters. The number of nitrogens with two attached hydrogens (primary N) is 1. The predicted octanol–water partition coefficient (Wildman–Crippen LogP) is 2.54. The van der Waals surface area contributed by atoms with Crippen molar-refractivity contribution in [2.24, 2.45) is 11.7 Å². The van der Waals surface area contributed by atoms with Gasteiger partial charge in [0.25, 0.3) is 0 Å². The van der Waals surface area contributed by atoms with Crippen molar-refractivity contribution in [3.8, 4) is 0 Å². The van der Waals surface area contributed by atoms with Crippen LogP contribution in [0, 0.1) is 19.8 Å². The molecule has 0 radical (unpaired) electrons. The molecule has 1 heterocycles. The molecule has 1 saturated carbocycles. The van der Waals surface area contributed by atoms with Gasteiger partial charge < -0.3 is 5.73 Å². The average molecular weight is 204 g/mol. The van der Waals surface area contributed by atoms with E-state index in [1.807, 2.05) is 6.92 Å². The van der Waals surface area contributed by atoms with E-state index in [-0.39, 0.29) is 0 Å². The molecule has 1 unspecified atom stereocenters. The highest BCUT2D eigenvalue weighted by Crippen LogP contribution is 2.38. The maximum absolute atomic E-state index is 5.86. The molecule has 1 aliphatic rings. The van der Waals surface area contributed by atoms with E-state index in [1.165, 1.54) is 24.8 Å². The smallest absolute Gasteiger partial charge is 0.0411 e. The maximum Gasteiger partial charge on any atom is 0.0411 e. The SMILES string of the molecule is Cc1ccc(C(CN)CC2CC2)c(C)n1. The quantitative estimate of drug-likeness (QED) is 0.818. The van der Waals surface area contributed by atoms with Crippen LogP contribution in [-0.2, 0) is 0 Å². The summed E-state index contributed by atoms with van der Waals surface area (Å²) in [5, 5.41) is 0. The van der Waals surface area contributed by atoms with Gasteiger partial charge in [0.05, 0.1) is 0 Å². The van der Waals surface area contributed by atoms with E-state index in [2.05, 4.69) is 24.0 Å². The lowest BCUT2D eigenvalue weighted by atomic mass is 9.92. The van der Waals surface area contributed by atoms with Crippen molar-refractivity contribution in [3.63, 3.8) is 0 Å². The third-order valence-corrected chi connectivity index (χ3v) is 3.31. The van der Waals surface area contributed by atoms with Crippen LogP contribution in [0.15, 0.2) is 12.1 Å². The molecule has 2 rings (SSSR count). The van der Waals surface area contributed by atoms with Gasteiger partial charge in [-0.25, -0.2) is 0 Å². The summed E-state index contributed by atoms with van der Waals surface area (Å²) in [7, 11) is 0. The second-order valence-corrected chi connectivity index (χ2v) is 4.74. The van der Waals surface area contributed by atoms with Gasteiger partial charge in [-0.3, -0.25) is 4.98 Å². The van der Waals surface area contributed by atoms with E-state index in [0.717, 1.165) is 23.9 Å². The van der Waals surface area contributed by atoms with Gasteiger partial charge in [0.15, 0.2) is 0 Å². The number of rotatable bonds is 4. The first-order valence-electron chi connectivity index (χ1n) is 5.85. The Labute approximate surface area is 91.9 Å². The molecule has 82 valence electrons. The highest BCUT2D eigenvalue weighted by molar-refractivity contribution is 5.26. The van der Waals surface area contributed by atoms with Gasteiger partial charge in [0, 0.05) is 11.4 Å². The Hall–Kier alpha value is -0.890. The third kappa shape index (κ3) is 2.57. The zero-order valence-corrected chi connectivity index (χ0v) is 9.66. The fourth-order valence-corrected chi connectivity index (χ4v) is 2.23. The molecule has 1 aromatic heterocycles. The fraction of sp³-hybridized carbons (Fsp3) is 0.615. The Morgan fingerprint density at radius 3 is 2.67 bits per heavy atom. The highest BCUT2D eigenvalue weighted by atomic mass is 14.7. The van der Waals surface area contributed by atoms with Crippen LogP contribution in [-0.4, -0.2) is 11.5 Å². The van der Waals surface area contributed by atoms with Gasteiger partial charge >= 0.3 is 0 Å². The van der Waals surface area contributed by atoms with Crippen LogP contribution in [0.5, 0.6) is 0 Å². The first-order valence-corrected chi connectivity index (χ1v) is 5.85. The molecule has 15 heavy (non-hydrogen) atoms. The van der Waals surface area contributed by atoms with Crippen molar-refractivity contribution >= 4 is 0 Å². The van der Waals surface area contributed by atoms with Crippen molar-refractivity contribution in [2.45, 2.75) is 39.0 Å². The summed E-state index contributed by atoms with van der Waals surface area (Å²) in [5.74, 6) is 1.45. The first-order chi connectivity index (χ1) is 7.20. The Bertz CT molecular complexity index is 342. The van der Waals surface area contributed by atoms with Gasteiger partial charge in [0.2, 0.25) is 0 Å². The summed E-state index contributed by atoms with van der Waals surface area (Å²) in [6.07, 6.45) is 4.05. The summed E-state index contributed by atoms with van der Waals surface area (Å²) in [6.45, 7) is 4.88. The molecular formula is C13H20N2. The Kier molecular flexibility index (Phi) is 3.06. The number of pyridine rings is 1. The van der Waals surface area contributed by atoms with E-state index in [9.17, 15) is 0 Å². The topological polar surface area (TPSA) is 38.9 Å². The average Bonchev–Trinajstić information content (AvgIpc) is 2.99. The number of hydrogen-bond acceptors (Lipinski definition) is 2. The lowest BCUT2D eigenvalue weighted by molar-refractivity contribution is 0.580. The molecular weight excluding hydrogens is 184 g/mol. The van der Waals surface area contributed by atoms with Crippen LogP contribution in [0.1, 0.15) is 42.1 Å². The molecule has 1 aromatic rings. The highest BCUT2D eigenvalue weighted by Gasteiger charge is 2.26. The molecule has 2 nitrogen and oxygen atoms in total. The van der Waals surface area contributed by atoms with E-state index >= 15 is 0 Å². The van der Waals surface area contributed by atoms with E-state index in [1.54, 1.807) is 0 Å². The number of aryl methyl sites for hydroxylation is 2. The minimum absolute atomic E-state index is 0.519. The maximum atomic E-state index is 5.86. The van der Waals surface area contributed by atoms with Crippen molar-refractivity contribution in [1.29, 1.82) is 0 Å². The van der Waals surface area contributed by atoms with Gasteiger partial charge in [-0.15, -0.1) is 0 Å². The number of nitrogens with zero attached hydrogens (tertiary/aromatic N) is 1. The summed E-state index contributed by atoms with van der Waals surface area (Å²) in [4.78, 5) is 4.51. The largest absolute Gasteiger partial charge is 0.330 e. The van der Waals surface area contributed by atoms with E-state index in [4.69, 9.17) is 5.73 Å². The molecule has 0 saturated heterocycles. The van der Waals surface area contributed by atoms with Crippen LogP contribution in [0.4, 0.5) is 0 Å². The van der Waals surface area contributed by atoms with Crippen LogP contribution in [0.2, 0.25) is 0 Å². The van der Waals surface area contributed by atoms with Crippen molar-refractivity contribution in [2.75, 3.05) is 6.54 Å². The van der Waals surface area contributed by atoms with E-state index < -0.39 is 0 Å². The van der Waals surface area contributed by atoms with Crippen molar-refractivity contribution < 1.29 is 0 Å². The summed E-state index contributed by atoms with van der Waals surface area (Å²) in [5.41, 5.74) is 9.47. The second-order valence-electron chi connectivity index (χ2n) is 4.74. The van der Waals surface area contributed by atoms with Gasteiger partial charge in [-0.1, -0.05) is 18.9 Å². The predicted molar refractivity (Wildman–Crippen MR) is 62.8 cm³/mol. The number of hydrogen-bond donors (Lipinski definition) is 1. The zero-order chi connectivity index (χ0) is 10.8. The molecule has 2 N–H and O–H groups in total. The molecule has 0 aliphatic heterocycles. The summed E-state index contributed by atoms with van der Waals surface area (Å²) in [6, 6.07) is 4.30. The zero-order valence-electron chi connectivity index (χ0n) is 9.66. The van der Waals surface area contributed by atoms with Crippen molar-refractivity contribution in [3.05, 3.63) is 29.1 Å². The molecule has 0 aromatic carbocycles. The lowest BCUT2D eigenvalue weighted by Crippen LogP contribution is -2.15. The Morgan fingerprint density at radius 2 is 2.13 bits per heavy atom. The second kappa shape index (κ2) is 4.31. The molecule has 1 fully saturated rings. The van der Waals surface area contributed by atoms with Gasteiger partial charge in [-0.2, -0.15) is 0 Å². The van der Waals surface area contributed by atoms with Gasteiger partial charge in [-0.05, 0) is 50.3 Å². The van der Waals surface area contributed by atoms with Crippen LogP contribution < -0.4 is 5.73 Å². The molecule has 0 spiro atoms. The monoisotopic (exact) mass is 204 g/mol. The molecule has 0 bridgehead atoms. The minimum atomic E-state index is 0.519. The molecule has 0 amide bonds. The summed E-state index contributed by atoms with van der Waals surface area (Å²) < 4.78 is 0. The van der Waals surface area contributed by atoms with Crippen LogP contribution in [0.3, 0.4) is 0 Å².